The molecule has 2 heteroatoms. The average molecular weight is 467 g/mol. The van der Waals surface area contributed by atoms with Crippen molar-refractivity contribution in [3.8, 4) is 11.5 Å². The average Bonchev–Trinajstić information content (AvgIpc) is 2.90. The normalized spacial score (nSPS) is 16.7. The highest BCUT2D eigenvalue weighted by molar-refractivity contribution is 5.68. The van der Waals surface area contributed by atoms with Gasteiger partial charge >= 0.3 is 0 Å². The van der Waals surface area contributed by atoms with Gasteiger partial charge in [0.15, 0.2) is 0 Å². The highest BCUT2D eigenvalue weighted by atomic mass is 16.5. The first-order valence-electron chi connectivity index (χ1n) is 12.5. The van der Waals surface area contributed by atoms with E-state index < -0.39 is 0 Å². The van der Waals surface area contributed by atoms with E-state index in [2.05, 4.69) is 80.8 Å². The monoisotopic (exact) mass is 466 g/mol. The van der Waals surface area contributed by atoms with E-state index in [1.54, 1.807) is 12.2 Å². The number of aryl methyl sites for hydroxylation is 1. The lowest BCUT2D eigenvalue weighted by atomic mass is 9.82. The van der Waals surface area contributed by atoms with Crippen molar-refractivity contribution in [3.63, 3.8) is 0 Å². The van der Waals surface area contributed by atoms with Crippen LogP contribution in [0.25, 0.3) is 5.57 Å². The lowest BCUT2D eigenvalue weighted by molar-refractivity contribution is 0.353. The summed E-state index contributed by atoms with van der Waals surface area (Å²) in [5.41, 5.74) is 7.49. The summed E-state index contributed by atoms with van der Waals surface area (Å²) in [7, 11) is 0. The van der Waals surface area contributed by atoms with Crippen LogP contribution in [0.2, 0.25) is 0 Å². The number of allylic oxidation sites excluding steroid dienone is 6. The van der Waals surface area contributed by atoms with Crippen molar-refractivity contribution in [1.29, 1.82) is 0 Å². The standard InChI is InChI=1S/C33H38O2/c1-6-10-26(8-3)23-34-32-19-16-29(17-20-32)28-12-14-30(15-13-28)31-18-21-33(25(5)22-31)35-24-27(9-4)11-7-2/h6-11,14,16-22,28H,1,3,12-13,15,23-24H2,2,4-5H3/b11-7-,26-10+,27-9+. The number of rotatable bonds is 11. The zero-order valence-corrected chi connectivity index (χ0v) is 21.4. The lowest BCUT2D eigenvalue weighted by Crippen LogP contribution is -2.05. The Morgan fingerprint density at radius 2 is 1.77 bits per heavy atom. The van der Waals surface area contributed by atoms with Gasteiger partial charge in [-0.2, -0.15) is 0 Å². The summed E-state index contributed by atoms with van der Waals surface area (Å²) >= 11 is 0. The number of hydrogen-bond acceptors (Lipinski definition) is 2. The van der Waals surface area contributed by atoms with Gasteiger partial charge < -0.3 is 9.47 Å². The van der Waals surface area contributed by atoms with Crippen LogP contribution in [-0.2, 0) is 0 Å². The molecule has 0 radical (unpaired) electrons. The van der Waals surface area contributed by atoms with Gasteiger partial charge in [0.05, 0.1) is 0 Å². The largest absolute Gasteiger partial charge is 0.489 e. The first-order chi connectivity index (χ1) is 17.1. The van der Waals surface area contributed by atoms with Crippen molar-refractivity contribution in [2.75, 3.05) is 13.2 Å². The van der Waals surface area contributed by atoms with Crippen LogP contribution in [0.5, 0.6) is 11.5 Å². The van der Waals surface area contributed by atoms with Crippen LogP contribution in [0, 0.1) is 6.92 Å². The Morgan fingerprint density at radius 1 is 1.00 bits per heavy atom. The van der Waals surface area contributed by atoms with Gasteiger partial charge in [-0.1, -0.05) is 73.9 Å². The Kier molecular flexibility index (Phi) is 9.98. The maximum atomic E-state index is 6.06. The first-order valence-corrected chi connectivity index (χ1v) is 12.5. The van der Waals surface area contributed by atoms with Crippen molar-refractivity contribution in [2.45, 2.75) is 46.0 Å². The third-order valence-corrected chi connectivity index (χ3v) is 6.45. The van der Waals surface area contributed by atoms with Crippen LogP contribution >= 0.6 is 0 Å². The van der Waals surface area contributed by atoms with E-state index in [1.165, 1.54) is 27.8 Å². The van der Waals surface area contributed by atoms with Gasteiger partial charge in [-0.3, -0.25) is 0 Å². The summed E-state index contributed by atoms with van der Waals surface area (Å²) in [5.74, 6) is 2.38. The Bertz CT molecular complexity index is 1130. The second-order valence-electron chi connectivity index (χ2n) is 8.87. The minimum Gasteiger partial charge on any atom is -0.489 e. The minimum absolute atomic E-state index is 0.500. The lowest BCUT2D eigenvalue weighted by Gasteiger charge is -2.23. The molecule has 1 atom stereocenters. The number of benzene rings is 2. The molecule has 0 saturated heterocycles. The highest BCUT2D eigenvalue weighted by Gasteiger charge is 2.18. The van der Waals surface area contributed by atoms with Gasteiger partial charge in [0.2, 0.25) is 0 Å². The predicted molar refractivity (Wildman–Crippen MR) is 150 cm³/mol. The SMILES string of the molecule is C=C/C=C(\C=C)COc1ccc(C2CC=C(c3ccc(OCC(/C=C\C)=C/C)c(C)c3)CC2)cc1. The van der Waals surface area contributed by atoms with Crippen molar-refractivity contribution < 1.29 is 9.47 Å². The molecule has 0 saturated carbocycles. The van der Waals surface area contributed by atoms with E-state index in [0.717, 1.165) is 36.3 Å². The smallest absolute Gasteiger partial charge is 0.122 e. The molecule has 0 N–H and O–H groups in total. The van der Waals surface area contributed by atoms with E-state index in [9.17, 15) is 0 Å². The fraction of sp³-hybridized carbons (Fsp3) is 0.273. The van der Waals surface area contributed by atoms with Gasteiger partial charge in [0, 0.05) is 0 Å². The predicted octanol–water partition coefficient (Wildman–Crippen LogP) is 8.92. The van der Waals surface area contributed by atoms with Crippen molar-refractivity contribution in [1.82, 2.24) is 0 Å². The maximum Gasteiger partial charge on any atom is 0.122 e. The summed E-state index contributed by atoms with van der Waals surface area (Å²) in [4.78, 5) is 0. The Morgan fingerprint density at radius 3 is 2.37 bits per heavy atom. The second-order valence-corrected chi connectivity index (χ2v) is 8.87. The van der Waals surface area contributed by atoms with Crippen LogP contribution in [0.15, 0.2) is 109 Å². The van der Waals surface area contributed by atoms with E-state index in [-0.39, 0.29) is 0 Å². The van der Waals surface area contributed by atoms with Crippen molar-refractivity contribution >= 4 is 5.57 Å². The van der Waals surface area contributed by atoms with Gasteiger partial charge in [-0.15, -0.1) is 0 Å². The maximum absolute atomic E-state index is 6.06. The van der Waals surface area contributed by atoms with Gasteiger partial charge in [-0.25, -0.2) is 0 Å². The summed E-state index contributed by atoms with van der Waals surface area (Å²) in [5, 5.41) is 0. The molecule has 1 aliphatic carbocycles. The topological polar surface area (TPSA) is 18.5 Å². The number of hydrogen-bond donors (Lipinski definition) is 0. The van der Waals surface area contributed by atoms with Gasteiger partial charge in [0.25, 0.3) is 0 Å². The second kappa shape index (κ2) is 13.4. The third-order valence-electron chi connectivity index (χ3n) is 6.45. The van der Waals surface area contributed by atoms with Crippen LogP contribution in [0.1, 0.15) is 55.7 Å². The fourth-order valence-electron chi connectivity index (χ4n) is 4.34. The van der Waals surface area contributed by atoms with Crippen molar-refractivity contribution in [2.24, 2.45) is 0 Å². The van der Waals surface area contributed by atoms with Gasteiger partial charge in [-0.05, 0) is 104 Å². The third kappa shape index (κ3) is 7.48. The van der Waals surface area contributed by atoms with Crippen LogP contribution in [-0.4, -0.2) is 13.2 Å². The minimum atomic E-state index is 0.500. The zero-order valence-electron chi connectivity index (χ0n) is 21.4. The zero-order chi connectivity index (χ0) is 25.0. The van der Waals surface area contributed by atoms with E-state index in [1.807, 2.05) is 26.0 Å². The van der Waals surface area contributed by atoms with Crippen LogP contribution in [0.3, 0.4) is 0 Å². The van der Waals surface area contributed by atoms with Crippen LogP contribution in [0.4, 0.5) is 0 Å². The van der Waals surface area contributed by atoms with E-state index in [4.69, 9.17) is 9.47 Å². The molecular weight excluding hydrogens is 428 g/mol. The molecule has 0 heterocycles. The molecule has 0 bridgehead atoms. The first kappa shape index (κ1) is 26.1. The summed E-state index contributed by atoms with van der Waals surface area (Å²) < 4.78 is 11.9. The summed E-state index contributed by atoms with van der Waals surface area (Å²) in [6.45, 7) is 14.8. The summed E-state index contributed by atoms with van der Waals surface area (Å²) in [6, 6.07) is 15.1. The Hall–Kier alpha value is -3.52. The molecule has 2 aromatic rings. The molecule has 1 aliphatic rings. The van der Waals surface area contributed by atoms with E-state index in [0.29, 0.717) is 19.1 Å². The fourth-order valence-corrected chi connectivity index (χ4v) is 4.34. The molecule has 182 valence electrons. The Labute approximate surface area is 211 Å². The molecule has 35 heavy (non-hydrogen) atoms. The van der Waals surface area contributed by atoms with Gasteiger partial charge in [0.1, 0.15) is 24.7 Å². The molecule has 0 spiro atoms. The van der Waals surface area contributed by atoms with E-state index >= 15 is 0 Å². The molecule has 1 unspecified atom stereocenters. The molecule has 0 amide bonds. The quantitative estimate of drug-likeness (QED) is 0.308. The molecule has 2 aromatic carbocycles. The molecule has 2 nitrogen and oxygen atoms in total. The molecule has 0 aliphatic heterocycles. The van der Waals surface area contributed by atoms with Crippen molar-refractivity contribution in [3.05, 3.63) is 126 Å². The highest BCUT2D eigenvalue weighted by Crippen LogP contribution is 2.37. The van der Waals surface area contributed by atoms with Crippen LogP contribution < -0.4 is 9.47 Å². The molecular formula is C33H38O2. The molecule has 3 rings (SSSR count). The molecule has 0 fully saturated rings. The molecule has 0 aromatic heterocycles. The Balaban J connectivity index is 1.58. The number of ether oxygens (including phenoxy) is 2. The summed E-state index contributed by atoms with van der Waals surface area (Å²) in [6.07, 6.45) is 17.4.